The average molecular weight is 177 g/mol. The molecule has 0 aliphatic carbocycles. The number of nitrogens with two attached hydrogens (primary N) is 1. The fraction of sp³-hybridized carbons (Fsp3) is 1.00. The molecule has 3 nitrogen and oxygen atoms in total. The highest BCUT2D eigenvalue weighted by Crippen LogP contribution is 2.35. The maximum absolute atomic E-state index is 10.3. The lowest BCUT2D eigenvalue weighted by Gasteiger charge is -2.01. The van der Waals surface area contributed by atoms with Gasteiger partial charge in [0, 0.05) is 12.4 Å². The summed E-state index contributed by atoms with van der Waals surface area (Å²) in [7, 11) is 0. The van der Waals surface area contributed by atoms with E-state index in [2.05, 4.69) is 5.09 Å². The van der Waals surface area contributed by atoms with Crippen LogP contribution in [-0.4, -0.2) is 12.4 Å². The molecule has 0 fully saturated rings. The van der Waals surface area contributed by atoms with Gasteiger partial charge in [0.05, 0.1) is 0 Å². The third-order valence-electron chi connectivity index (χ3n) is 0.422. The van der Waals surface area contributed by atoms with Crippen molar-refractivity contribution in [1.82, 2.24) is 5.09 Å². The van der Waals surface area contributed by atoms with Crippen LogP contribution in [-0.2, 0) is 4.57 Å². The van der Waals surface area contributed by atoms with Gasteiger partial charge in [-0.15, -0.1) is 11.6 Å². The second-order valence-electron chi connectivity index (χ2n) is 1.17. The van der Waals surface area contributed by atoms with Crippen molar-refractivity contribution in [3.8, 4) is 0 Å². The van der Waals surface area contributed by atoms with Gasteiger partial charge in [0.1, 0.15) is 0 Å². The van der Waals surface area contributed by atoms with E-state index in [0.29, 0.717) is 12.4 Å². The van der Waals surface area contributed by atoms with Gasteiger partial charge < -0.3 is 0 Å². The SMILES string of the molecule is NP(=O)(Cl)NCCCl. The van der Waals surface area contributed by atoms with Crippen LogP contribution < -0.4 is 10.6 Å². The number of halogens is 2. The van der Waals surface area contributed by atoms with Crippen LogP contribution in [0.15, 0.2) is 0 Å². The van der Waals surface area contributed by atoms with Crippen LogP contribution in [0.5, 0.6) is 0 Å². The summed E-state index contributed by atoms with van der Waals surface area (Å²) in [4.78, 5) is 0. The number of hydrogen-bond acceptors (Lipinski definition) is 1. The van der Waals surface area contributed by atoms with Crippen LogP contribution in [0.4, 0.5) is 0 Å². The van der Waals surface area contributed by atoms with E-state index in [1.807, 2.05) is 0 Å². The van der Waals surface area contributed by atoms with E-state index in [0.717, 1.165) is 0 Å². The molecule has 0 saturated heterocycles. The first-order valence-corrected chi connectivity index (χ1v) is 5.17. The van der Waals surface area contributed by atoms with Gasteiger partial charge in [0.2, 0.25) is 0 Å². The predicted octanol–water partition coefficient (Wildman–Crippen LogP) is 1.12. The molecule has 8 heavy (non-hydrogen) atoms. The van der Waals surface area contributed by atoms with Gasteiger partial charge in [-0.1, -0.05) is 0 Å². The lowest BCUT2D eigenvalue weighted by atomic mass is 10.8. The second kappa shape index (κ2) is 3.70. The minimum Gasteiger partial charge on any atom is -0.271 e. The highest BCUT2D eigenvalue weighted by Gasteiger charge is 2.06. The van der Waals surface area contributed by atoms with Gasteiger partial charge in [-0.3, -0.25) is 10.1 Å². The molecule has 0 amide bonds. The van der Waals surface area contributed by atoms with E-state index in [1.54, 1.807) is 0 Å². The highest BCUT2D eigenvalue weighted by atomic mass is 35.7. The standard InChI is InChI=1S/C2H7Cl2N2OP/c3-1-2-6-8(4,5)7/h1-2H2,(H3,5,6,7). The minimum atomic E-state index is -3.04. The summed E-state index contributed by atoms with van der Waals surface area (Å²) < 4.78 is 10.3. The summed E-state index contributed by atoms with van der Waals surface area (Å²) in [6.45, 7) is -2.67. The normalized spacial score (nSPS) is 17.9. The molecule has 1 unspecified atom stereocenters. The van der Waals surface area contributed by atoms with Crippen LogP contribution in [0.1, 0.15) is 0 Å². The van der Waals surface area contributed by atoms with Crippen LogP contribution in [0, 0.1) is 0 Å². The molecule has 0 saturated carbocycles. The van der Waals surface area contributed by atoms with E-state index in [9.17, 15) is 4.57 Å². The Balaban J connectivity index is 3.26. The first-order chi connectivity index (χ1) is 3.56. The van der Waals surface area contributed by atoms with Gasteiger partial charge in [-0.05, 0) is 11.2 Å². The van der Waals surface area contributed by atoms with Crippen molar-refractivity contribution in [2.75, 3.05) is 12.4 Å². The van der Waals surface area contributed by atoms with Crippen molar-refractivity contribution in [1.29, 1.82) is 0 Å². The Morgan fingerprint density at radius 3 is 2.38 bits per heavy atom. The molecule has 0 radical (unpaired) electrons. The molecule has 0 aromatic carbocycles. The molecule has 0 aliphatic rings. The van der Waals surface area contributed by atoms with Crippen LogP contribution in [0.2, 0.25) is 0 Å². The molecular weight excluding hydrogens is 170 g/mol. The molecular formula is C2H7Cl2N2OP. The Kier molecular flexibility index (Phi) is 4.04. The number of alkyl halides is 1. The van der Waals surface area contributed by atoms with E-state index in [1.165, 1.54) is 0 Å². The highest BCUT2D eigenvalue weighted by molar-refractivity contribution is 7.85. The van der Waals surface area contributed by atoms with Crippen molar-refractivity contribution in [3.05, 3.63) is 0 Å². The first kappa shape index (κ1) is 8.73. The third kappa shape index (κ3) is 6.73. The fourth-order valence-corrected chi connectivity index (χ4v) is 1.09. The summed E-state index contributed by atoms with van der Waals surface area (Å²) in [5.74, 6) is 0.355. The van der Waals surface area contributed by atoms with Crippen molar-refractivity contribution in [3.63, 3.8) is 0 Å². The number of hydrogen-bond donors (Lipinski definition) is 2. The predicted molar refractivity (Wildman–Crippen MR) is 36.4 cm³/mol. The van der Waals surface area contributed by atoms with Crippen molar-refractivity contribution >= 4 is 29.6 Å². The van der Waals surface area contributed by atoms with Crippen LogP contribution in [0.3, 0.4) is 0 Å². The van der Waals surface area contributed by atoms with E-state index >= 15 is 0 Å². The maximum Gasteiger partial charge on any atom is 0.296 e. The molecule has 0 aliphatic heterocycles. The van der Waals surface area contributed by atoms with E-state index in [-0.39, 0.29) is 0 Å². The van der Waals surface area contributed by atoms with Crippen molar-refractivity contribution < 1.29 is 4.57 Å². The summed E-state index contributed by atoms with van der Waals surface area (Å²) >= 11 is 10.3. The largest absolute Gasteiger partial charge is 0.296 e. The molecule has 1 atom stereocenters. The fourth-order valence-electron chi connectivity index (χ4n) is 0.195. The zero-order valence-electron chi connectivity index (χ0n) is 4.10. The Bertz CT molecular complexity index is 102. The van der Waals surface area contributed by atoms with E-state index < -0.39 is 6.80 Å². The second-order valence-corrected chi connectivity index (χ2v) is 4.53. The molecule has 0 spiro atoms. The van der Waals surface area contributed by atoms with E-state index in [4.69, 9.17) is 28.3 Å². The molecule has 6 heteroatoms. The minimum absolute atomic E-state index is 0.355. The van der Waals surface area contributed by atoms with Gasteiger partial charge in [-0.25, -0.2) is 5.09 Å². The third-order valence-corrected chi connectivity index (χ3v) is 1.62. The summed E-state index contributed by atoms with van der Waals surface area (Å²) in [5, 5.41) is 2.34. The molecule has 50 valence electrons. The number of rotatable bonds is 3. The summed E-state index contributed by atoms with van der Waals surface area (Å²) in [6.07, 6.45) is 0. The molecule has 0 heterocycles. The molecule has 0 aromatic heterocycles. The van der Waals surface area contributed by atoms with Crippen molar-refractivity contribution in [2.45, 2.75) is 0 Å². The topological polar surface area (TPSA) is 55.1 Å². The van der Waals surface area contributed by atoms with Crippen LogP contribution in [0.25, 0.3) is 0 Å². The van der Waals surface area contributed by atoms with Gasteiger partial charge in [0.15, 0.2) is 0 Å². The Morgan fingerprint density at radius 2 is 2.25 bits per heavy atom. The molecule has 0 bridgehead atoms. The maximum atomic E-state index is 10.3. The lowest BCUT2D eigenvalue weighted by molar-refractivity contribution is 0.577. The quantitative estimate of drug-likeness (QED) is 0.501. The monoisotopic (exact) mass is 176 g/mol. The summed E-state index contributed by atoms with van der Waals surface area (Å²) in [5.41, 5.74) is 4.87. The zero-order valence-corrected chi connectivity index (χ0v) is 6.51. The van der Waals surface area contributed by atoms with Crippen molar-refractivity contribution in [2.24, 2.45) is 5.50 Å². The summed E-state index contributed by atoms with van der Waals surface area (Å²) in [6, 6.07) is 0. The van der Waals surface area contributed by atoms with Gasteiger partial charge in [-0.2, -0.15) is 0 Å². The Hall–Kier alpha value is 0.730. The Morgan fingerprint density at radius 1 is 1.75 bits per heavy atom. The average Bonchev–Trinajstić information content (AvgIpc) is 1.59. The lowest BCUT2D eigenvalue weighted by Crippen LogP contribution is -2.14. The molecule has 0 aromatic rings. The van der Waals surface area contributed by atoms with Crippen LogP contribution >= 0.6 is 29.6 Å². The van der Waals surface area contributed by atoms with Gasteiger partial charge >= 0.3 is 0 Å². The number of nitrogens with one attached hydrogen (secondary N) is 1. The molecule has 0 rings (SSSR count). The first-order valence-electron chi connectivity index (χ1n) is 1.95. The van der Waals surface area contributed by atoms with Gasteiger partial charge in [0.25, 0.3) is 6.80 Å². The zero-order chi connectivity index (χ0) is 6.62. The molecule has 3 N–H and O–H groups in total. The smallest absolute Gasteiger partial charge is 0.271 e. The Labute approximate surface area is 57.8 Å².